The van der Waals surface area contributed by atoms with E-state index in [1.165, 1.54) is 28.1 Å². The zero-order chi connectivity index (χ0) is 29.0. The van der Waals surface area contributed by atoms with Gasteiger partial charge in [-0.3, -0.25) is 28.9 Å². The van der Waals surface area contributed by atoms with E-state index in [9.17, 15) is 24.0 Å². The van der Waals surface area contributed by atoms with Gasteiger partial charge in [-0.25, -0.2) is 4.98 Å². The number of morpholine rings is 1. The number of nitrogens with zero attached hydrogens (tertiary/aromatic N) is 4. The highest BCUT2D eigenvalue weighted by molar-refractivity contribution is 6.40. The van der Waals surface area contributed by atoms with Crippen LogP contribution in [-0.4, -0.2) is 85.4 Å². The van der Waals surface area contributed by atoms with Crippen molar-refractivity contribution in [3.05, 3.63) is 53.2 Å². The molecule has 0 bridgehead atoms. The second-order valence-electron chi connectivity index (χ2n) is 9.91. The van der Waals surface area contributed by atoms with Crippen LogP contribution in [0.15, 0.2) is 42.6 Å². The van der Waals surface area contributed by atoms with Gasteiger partial charge in [-0.15, -0.1) is 0 Å². The predicted octanol–water partition coefficient (Wildman–Crippen LogP) is 0.972. The minimum absolute atomic E-state index is 0.00113. The second-order valence-corrected chi connectivity index (χ2v) is 10.3. The molecule has 2 aliphatic rings. The van der Waals surface area contributed by atoms with E-state index < -0.39 is 35.7 Å². The Bertz CT molecular complexity index is 1290. The standard InChI is InChI=1S/C27H31ClN6O6/c1-32(2)26(38)17-5-9-21(34(27(39)24(29)36)22-10-6-18(28)14-30-22)20(13-17)31-25(37)16-3-7-19(8-4-16)33-11-12-40-15-23(33)35/h3-4,6-8,10,14,17,20-21H,5,9,11-13,15H2,1-2H3,(H2,29,36)(H,31,37)/t17-,20+,21-/m0/s1. The highest BCUT2D eigenvalue weighted by Crippen LogP contribution is 2.32. The molecule has 5 amide bonds. The van der Waals surface area contributed by atoms with E-state index in [0.29, 0.717) is 42.3 Å². The number of primary amides is 1. The van der Waals surface area contributed by atoms with Crippen molar-refractivity contribution in [2.24, 2.45) is 11.7 Å². The molecular weight excluding hydrogens is 540 g/mol. The molecule has 3 N–H and O–H groups in total. The number of aromatic nitrogens is 1. The molecule has 1 aliphatic heterocycles. The highest BCUT2D eigenvalue weighted by Gasteiger charge is 2.42. The molecule has 0 radical (unpaired) electrons. The molecule has 0 spiro atoms. The topological polar surface area (TPSA) is 155 Å². The molecule has 12 nitrogen and oxygen atoms in total. The lowest BCUT2D eigenvalue weighted by atomic mass is 9.80. The molecule has 212 valence electrons. The Kier molecular flexibility index (Phi) is 9.00. The van der Waals surface area contributed by atoms with Gasteiger partial charge in [0.15, 0.2) is 0 Å². The summed E-state index contributed by atoms with van der Waals surface area (Å²) in [6.45, 7) is 0.839. The number of hydrogen-bond donors (Lipinski definition) is 2. The number of anilines is 2. The first kappa shape index (κ1) is 29.0. The number of pyridine rings is 1. The third kappa shape index (κ3) is 6.40. The van der Waals surface area contributed by atoms with Gasteiger partial charge in [0.05, 0.1) is 23.7 Å². The van der Waals surface area contributed by atoms with E-state index in [0.717, 1.165) is 0 Å². The van der Waals surface area contributed by atoms with Crippen LogP contribution in [0.25, 0.3) is 0 Å². The SMILES string of the molecule is CN(C)C(=O)[C@H]1CC[C@H](N(C(=O)C(N)=O)c2ccc(Cl)cn2)[C@H](NC(=O)c2ccc(N3CCOCC3=O)cc2)C1. The van der Waals surface area contributed by atoms with E-state index >= 15 is 0 Å². The monoisotopic (exact) mass is 570 g/mol. The molecule has 2 heterocycles. The summed E-state index contributed by atoms with van der Waals surface area (Å²) in [4.78, 5) is 71.9. The van der Waals surface area contributed by atoms with Crippen LogP contribution in [0.5, 0.6) is 0 Å². The predicted molar refractivity (Wildman–Crippen MR) is 147 cm³/mol. The van der Waals surface area contributed by atoms with Crippen LogP contribution in [0.3, 0.4) is 0 Å². The summed E-state index contributed by atoms with van der Waals surface area (Å²) in [6, 6.07) is 8.14. The number of carbonyl (C=O) groups excluding carboxylic acids is 5. The van der Waals surface area contributed by atoms with Gasteiger partial charge in [0, 0.05) is 44.0 Å². The average molecular weight is 571 g/mol. The molecule has 1 aliphatic carbocycles. The van der Waals surface area contributed by atoms with Gasteiger partial charge >= 0.3 is 11.8 Å². The first-order chi connectivity index (χ1) is 19.1. The number of halogens is 1. The van der Waals surface area contributed by atoms with Crippen molar-refractivity contribution in [2.45, 2.75) is 31.3 Å². The molecule has 40 heavy (non-hydrogen) atoms. The Balaban J connectivity index is 1.62. The van der Waals surface area contributed by atoms with Crippen molar-refractivity contribution in [2.75, 3.05) is 43.7 Å². The summed E-state index contributed by atoms with van der Waals surface area (Å²) >= 11 is 5.98. The average Bonchev–Trinajstić information content (AvgIpc) is 2.94. The van der Waals surface area contributed by atoms with E-state index in [-0.39, 0.29) is 30.7 Å². The first-order valence-corrected chi connectivity index (χ1v) is 13.2. The smallest absolute Gasteiger partial charge is 0.317 e. The van der Waals surface area contributed by atoms with Gasteiger partial charge < -0.3 is 25.6 Å². The van der Waals surface area contributed by atoms with E-state index in [1.807, 2.05) is 0 Å². The van der Waals surface area contributed by atoms with Crippen molar-refractivity contribution in [1.82, 2.24) is 15.2 Å². The van der Waals surface area contributed by atoms with Crippen molar-refractivity contribution < 1.29 is 28.7 Å². The van der Waals surface area contributed by atoms with Crippen LogP contribution in [0.4, 0.5) is 11.5 Å². The molecule has 4 rings (SSSR count). The lowest BCUT2D eigenvalue weighted by molar-refractivity contribution is -0.136. The normalized spacial score (nSPS) is 20.9. The molecule has 2 fully saturated rings. The summed E-state index contributed by atoms with van der Waals surface area (Å²) in [5, 5.41) is 3.30. The first-order valence-electron chi connectivity index (χ1n) is 12.8. The molecule has 3 atom stereocenters. The van der Waals surface area contributed by atoms with E-state index in [4.69, 9.17) is 22.1 Å². The number of hydrogen-bond acceptors (Lipinski definition) is 7. The van der Waals surface area contributed by atoms with Gasteiger partial charge in [0.1, 0.15) is 12.4 Å². The van der Waals surface area contributed by atoms with Gasteiger partial charge in [0.2, 0.25) is 5.91 Å². The number of carbonyl (C=O) groups is 5. The third-order valence-corrected chi connectivity index (χ3v) is 7.29. The largest absolute Gasteiger partial charge is 0.370 e. The molecule has 1 aromatic carbocycles. The van der Waals surface area contributed by atoms with E-state index in [1.54, 1.807) is 43.3 Å². The fourth-order valence-electron chi connectivity index (χ4n) is 5.10. The molecule has 1 aromatic heterocycles. The molecular formula is C27H31ClN6O6. The summed E-state index contributed by atoms with van der Waals surface area (Å²) in [7, 11) is 3.31. The van der Waals surface area contributed by atoms with Crippen LogP contribution in [0.2, 0.25) is 5.02 Å². The van der Waals surface area contributed by atoms with Crippen LogP contribution in [-0.2, 0) is 23.9 Å². The van der Waals surface area contributed by atoms with Crippen LogP contribution in [0.1, 0.15) is 29.6 Å². The van der Waals surface area contributed by atoms with Crippen molar-refractivity contribution in [3.8, 4) is 0 Å². The fourth-order valence-corrected chi connectivity index (χ4v) is 5.21. The molecule has 13 heteroatoms. The Hall–Kier alpha value is -4.03. The van der Waals surface area contributed by atoms with Crippen molar-refractivity contribution in [3.63, 3.8) is 0 Å². The lowest BCUT2D eigenvalue weighted by Crippen LogP contribution is -2.59. The number of nitrogens with one attached hydrogen (secondary N) is 1. The van der Waals surface area contributed by atoms with Crippen LogP contribution >= 0.6 is 11.6 Å². The van der Waals surface area contributed by atoms with Crippen LogP contribution < -0.4 is 20.9 Å². The summed E-state index contributed by atoms with van der Waals surface area (Å²) in [5.74, 6) is -3.14. The number of nitrogens with two attached hydrogens (primary N) is 1. The summed E-state index contributed by atoms with van der Waals surface area (Å²) < 4.78 is 5.17. The highest BCUT2D eigenvalue weighted by atomic mass is 35.5. The maximum atomic E-state index is 13.4. The number of amides is 5. The summed E-state index contributed by atoms with van der Waals surface area (Å²) in [6.07, 6.45) is 2.29. The second kappa shape index (κ2) is 12.4. The van der Waals surface area contributed by atoms with Crippen molar-refractivity contribution in [1.29, 1.82) is 0 Å². The van der Waals surface area contributed by atoms with Gasteiger partial charge in [-0.1, -0.05) is 11.6 Å². The Morgan fingerprint density at radius 1 is 1.10 bits per heavy atom. The van der Waals surface area contributed by atoms with Crippen LogP contribution in [0, 0.1) is 5.92 Å². The summed E-state index contributed by atoms with van der Waals surface area (Å²) in [5.41, 5.74) is 6.34. The Labute approximate surface area is 236 Å². The molecule has 1 saturated carbocycles. The Morgan fingerprint density at radius 2 is 1.82 bits per heavy atom. The lowest BCUT2D eigenvalue weighted by Gasteiger charge is -2.41. The maximum absolute atomic E-state index is 13.4. The number of rotatable bonds is 6. The minimum atomic E-state index is -1.18. The van der Waals surface area contributed by atoms with Crippen molar-refractivity contribution >= 4 is 52.6 Å². The van der Waals surface area contributed by atoms with E-state index in [2.05, 4.69) is 10.3 Å². The van der Waals surface area contributed by atoms with Gasteiger partial charge in [-0.2, -0.15) is 0 Å². The fraction of sp³-hybridized carbons (Fsp3) is 0.407. The van der Waals surface area contributed by atoms with Gasteiger partial charge in [0.25, 0.3) is 11.8 Å². The molecule has 2 aromatic rings. The maximum Gasteiger partial charge on any atom is 0.317 e. The van der Waals surface area contributed by atoms with Gasteiger partial charge in [-0.05, 0) is 55.7 Å². The zero-order valence-corrected chi connectivity index (χ0v) is 23.0. The molecule has 0 unspecified atom stereocenters. The number of benzene rings is 1. The Morgan fingerprint density at radius 3 is 2.42 bits per heavy atom. The number of ether oxygens (including phenoxy) is 1. The minimum Gasteiger partial charge on any atom is -0.370 e. The quantitative estimate of drug-likeness (QED) is 0.490. The molecule has 1 saturated heterocycles. The zero-order valence-electron chi connectivity index (χ0n) is 22.2. The third-order valence-electron chi connectivity index (χ3n) is 7.07.